The fourth-order valence-corrected chi connectivity index (χ4v) is 7.07. The number of rotatable bonds is 3. The maximum absolute atomic E-state index is 6.79. The molecule has 1 aliphatic carbocycles. The molecular weight excluding hydrogens is 524 g/mol. The fraction of sp³-hybridized carbons (Fsp3) is 0.0750. The van der Waals surface area contributed by atoms with Crippen LogP contribution < -0.4 is 0 Å². The molecule has 0 radical (unpaired) electrons. The Morgan fingerprint density at radius 1 is 0.651 bits per heavy atom. The molecule has 3 heterocycles. The first kappa shape index (κ1) is 24.2. The van der Waals surface area contributed by atoms with Gasteiger partial charge in [-0.1, -0.05) is 122 Å². The highest BCUT2D eigenvalue weighted by Crippen LogP contribution is 2.46. The number of hydrogen-bond donors (Lipinski definition) is 0. The highest BCUT2D eigenvalue weighted by molar-refractivity contribution is 6.35. The van der Waals surface area contributed by atoms with Crippen LogP contribution in [-0.2, 0) is 0 Å². The van der Waals surface area contributed by atoms with E-state index in [9.17, 15) is 0 Å². The van der Waals surface area contributed by atoms with Gasteiger partial charge in [0.2, 0.25) is 0 Å². The Labute approximate surface area is 249 Å². The number of allylic oxidation sites excluding steroid dienone is 4. The molecule has 0 N–H and O–H groups in total. The topological polar surface area (TPSA) is 31.0 Å². The second-order valence-electron chi connectivity index (χ2n) is 11.6. The van der Waals surface area contributed by atoms with Gasteiger partial charge in [-0.3, -0.25) is 4.98 Å². The largest absolute Gasteiger partial charge is 0.454 e. The zero-order valence-electron chi connectivity index (χ0n) is 23.7. The van der Waals surface area contributed by atoms with Crippen molar-refractivity contribution in [2.45, 2.75) is 12.8 Å². The van der Waals surface area contributed by atoms with E-state index in [4.69, 9.17) is 9.40 Å². The van der Waals surface area contributed by atoms with Gasteiger partial charge in [0.05, 0.1) is 28.1 Å². The van der Waals surface area contributed by atoms with Gasteiger partial charge in [-0.15, -0.1) is 0 Å². The summed E-state index contributed by atoms with van der Waals surface area (Å²) in [5.41, 5.74) is 8.29. The van der Waals surface area contributed by atoms with Gasteiger partial charge in [0.15, 0.2) is 5.58 Å². The average molecular weight is 553 g/mol. The molecule has 0 bridgehead atoms. The molecule has 0 saturated heterocycles. The van der Waals surface area contributed by atoms with Gasteiger partial charge in [0, 0.05) is 33.0 Å². The van der Waals surface area contributed by atoms with Crippen LogP contribution in [0.25, 0.3) is 71.5 Å². The highest BCUT2D eigenvalue weighted by atomic mass is 16.3. The maximum Gasteiger partial charge on any atom is 0.160 e. The first-order chi connectivity index (χ1) is 21.3. The number of nitrogens with zero attached hydrogens (tertiary/aromatic N) is 2. The molecule has 2 atom stereocenters. The highest BCUT2D eigenvalue weighted by Gasteiger charge is 2.25. The van der Waals surface area contributed by atoms with Crippen LogP contribution in [0.4, 0.5) is 0 Å². The molecule has 8 aromatic rings. The lowest BCUT2D eigenvalue weighted by Gasteiger charge is -2.22. The number of fused-ring (bicyclic) bond motifs is 10. The van der Waals surface area contributed by atoms with E-state index in [-0.39, 0.29) is 5.92 Å². The van der Waals surface area contributed by atoms with Crippen LogP contribution >= 0.6 is 0 Å². The lowest BCUT2D eigenvalue weighted by atomic mass is 9.86. The van der Waals surface area contributed by atoms with Crippen molar-refractivity contribution in [3.8, 4) is 16.9 Å². The van der Waals surface area contributed by atoms with E-state index in [1.54, 1.807) is 0 Å². The third-order valence-corrected chi connectivity index (χ3v) is 9.06. The first-order valence-corrected chi connectivity index (χ1v) is 14.9. The van der Waals surface area contributed by atoms with Crippen LogP contribution in [0.3, 0.4) is 0 Å². The molecule has 0 amide bonds. The Balaban J connectivity index is 1.47. The van der Waals surface area contributed by atoms with Crippen LogP contribution in [0.2, 0.25) is 0 Å². The van der Waals surface area contributed by atoms with Crippen LogP contribution in [0.15, 0.2) is 144 Å². The summed E-state index contributed by atoms with van der Waals surface area (Å²) in [5, 5.41) is 7.18. The molecule has 3 aromatic heterocycles. The molecule has 0 saturated carbocycles. The third kappa shape index (κ3) is 3.58. The van der Waals surface area contributed by atoms with Crippen LogP contribution in [-0.4, -0.2) is 9.55 Å². The van der Waals surface area contributed by atoms with Crippen molar-refractivity contribution in [2.24, 2.45) is 5.92 Å². The van der Waals surface area contributed by atoms with Crippen molar-refractivity contribution in [3.05, 3.63) is 145 Å². The smallest absolute Gasteiger partial charge is 0.160 e. The molecule has 3 heteroatoms. The number of hydrogen-bond acceptors (Lipinski definition) is 2. The third-order valence-electron chi connectivity index (χ3n) is 9.06. The molecule has 2 unspecified atom stereocenters. The average Bonchev–Trinajstić information content (AvgIpc) is 3.62. The summed E-state index contributed by atoms with van der Waals surface area (Å²) < 4.78 is 9.20. The van der Waals surface area contributed by atoms with Gasteiger partial charge in [-0.2, -0.15) is 0 Å². The molecule has 3 nitrogen and oxygen atoms in total. The summed E-state index contributed by atoms with van der Waals surface area (Å²) in [6, 6.07) is 40.9. The Morgan fingerprint density at radius 3 is 2.14 bits per heavy atom. The molecule has 0 fully saturated rings. The lowest BCUT2D eigenvalue weighted by Crippen LogP contribution is -2.11. The van der Waals surface area contributed by atoms with Crippen molar-refractivity contribution in [1.82, 2.24) is 9.55 Å². The van der Waals surface area contributed by atoms with Gasteiger partial charge in [0.1, 0.15) is 5.58 Å². The minimum Gasteiger partial charge on any atom is -0.454 e. The first-order valence-electron chi connectivity index (χ1n) is 14.9. The minimum atomic E-state index is 0.188. The van der Waals surface area contributed by atoms with Gasteiger partial charge in [-0.25, -0.2) is 0 Å². The summed E-state index contributed by atoms with van der Waals surface area (Å²) in [4.78, 5) is 5.27. The second-order valence-corrected chi connectivity index (χ2v) is 11.6. The van der Waals surface area contributed by atoms with Crippen molar-refractivity contribution in [1.29, 1.82) is 0 Å². The predicted octanol–water partition coefficient (Wildman–Crippen LogP) is 10.7. The van der Waals surface area contributed by atoms with Crippen LogP contribution in [0.5, 0.6) is 0 Å². The summed E-state index contributed by atoms with van der Waals surface area (Å²) in [7, 11) is 0. The van der Waals surface area contributed by atoms with Crippen molar-refractivity contribution in [3.63, 3.8) is 0 Å². The molecule has 43 heavy (non-hydrogen) atoms. The van der Waals surface area contributed by atoms with E-state index in [1.807, 2.05) is 6.07 Å². The number of aromatic nitrogens is 2. The normalized spacial score (nSPS) is 16.8. The van der Waals surface area contributed by atoms with Gasteiger partial charge in [-0.05, 0) is 41.0 Å². The second kappa shape index (κ2) is 9.30. The van der Waals surface area contributed by atoms with E-state index in [0.29, 0.717) is 5.92 Å². The lowest BCUT2D eigenvalue weighted by molar-refractivity contribution is 0.620. The molecule has 0 aliphatic heterocycles. The molecule has 5 aromatic carbocycles. The Bertz CT molecular complexity index is 2420. The molecule has 0 spiro atoms. The fourth-order valence-electron chi connectivity index (χ4n) is 7.07. The molecule has 9 rings (SSSR count). The van der Waals surface area contributed by atoms with Gasteiger partial charge >= 0.3 is 0 Å². The summed E-state index contributed by atoms with van der Waals surface area (Å²) in [5.74, 6) is 0.535. The van der Waals surface area contributed by atoms with E-state index < -0.39 is 0 Å². The molecular formula is C40H28N2O. The van der Waals surface area contributed by atoms with Gasteiger partial charge in [0.25, 0.3) is 0 Å². The van der Waals surface area contributed by atoms with E-state index in [2.05, 4.69) is 145 Å². The Hall–Kier alpha value is -5.41. The van der Waals surface area contributed by atoms with Crippen LogP contribution in [0.1, 0.15) is 18.5 Å². The number of benzene rings is 5. The standard InChI is InChI=1S/C40H28N2O/c1-25-13-5-6-16-28(25)34-24-27(23-33(41-34)26-14-3-2-4-15-26)42-35-21-11-9-19-31(35)37-29-17-7-8-18-30(29)38-32-20-10-12-22-36(32)43-40(38)39(37)42/h2-25,28H,1H3. The SMILES string of the molecule is CC1C=CC=CC1c1cc(-n2c3ccccc3c3c4ccccc4c4c5ccccc5oc4c32)cc(-c2ccccc2)n1. The number of para-hydroxylation sites is 2. The number of pyridine rings is 1. The number of furan rings is 1. The summed E-state index contributed by atoms with van der Waals surface area (Å²) in [6.07, 6.45) is 8.83. The zero-order valence-corrected chi connectivity index (χ0v) is 23.7. The maximum atomic E-state index is 6.79. The van der Waals surface area contributed by atoms with Crippen molar-refractivity contribution < 1.29 is 4.42 Å². The van der Waals surface area contributed by atoms with Crippen molar-refractivity contribution >= 4 is 54.5 Å². The predicted molar refractivity (Wildman–Crippen MR) is 179 cm³/mol. The van der Waals surface area contributed by atoms with E-state index >= 15 is 0 Å². The van der Waals surface area contributed by atoms with Gasteiger partial charge < -0.3 is 8.98 Å². The van der Waals surface area contributed by atoms with E-state index in [1.165, 1.54) is 21.5 Å². The minimum absolute atomic E-state index is 0.188. The van der Waals surface area contributed by atoms with Crippen LogP contribution in [0, 0.1) is 5.92 Å². The zero-order chi connectivity index (χ0) is 28.5. The molecule has 1 aliphatic rings. The quantitative estimate of drug-likeness (QED) is 0.218. The Kier molecular flexibility index (Phi) is 5.24. The summed E-state index contributed by atoms with van der Waals surface area (Å²) in [6.45, 7) is 2.27. The molecule has 204 valence electrons. The van der Waals surface area contributed by atoms with Crippen molar-refractivity contribution in [2.75, 3.05) is 0 Å². The summed E-state index contributed by atoms with van der Waals surface area (Å²) >= 11 is 0. The monoisotopic (exact) mass is 552 g/mol. The van der Waals surface area contributed by atoms with E-state index in [0.717, 1.165) is 55.6 Å². The Morgan fingerprint density at radius 2 is 1.33 bits per heavy atom.